The van der Waals surface area contributed by atoms with Crippen LogP contribution in [0, 0.1) is 11.3 Å². The van der Waals surface area contributed by atoms with Crippen LogP contribution in [0.5, 0.6) is 11.5 Å². The van der Waals surface area contributed by atoms with E-state index in [1.807, 2.05) is 6.07 Å². The van der Waals surface area contributed by atoms with Crippen LogP contribution in [0.2, 0.25) is 0 Å². The Morgan fingerprint density at radius 1 is 1.16 bits per heavy atom. The molecule has 0 heterocycles. The number of hydrogen-bond acceptors (Lipinski definition) is 4. The molecule has 0 spiro atoms. The zero-order chi connectivity index (χ0) is 18.2. The van der Waals surface area contributed by atoms with Crippen molar-refractivity contribution in [2.75, 3.05) is 7.11 Å². The number of carbonyl (C=O) groups excluding carboxylic acids is 1. The molecule has 2 aromatic rings. The van der Waals surface area contributed by atoms with Crippen LogP contribution in [-0.2, 0) is 11.2 Å². The van der Waals surface area contributed by atoms with Crippen LogP contribution in [0.3, 0.4) is 0 Å². The van der Waals surface area contributed by atoms with Crippen LogP contribution >= 0.6 is 0 Å². The molecule has 0 aliphatic heterocycles. The number of carbonyl (C=O) groups is 1. The highest BCUT2D eigenvalue weighted by molar-refractivity contribution is 5.80. The molecule has 5 nitrogen and oxygen atoms in total. The summed E-state index contributed by atoms with van der Waals surface area (Å²) in [5.41, 5.74) is 0.815. The zero-order valence-electron chi connectivity index (χ0n) is 13.4. The molecule has 2 aromatic carbocycles. The van der Waals surface area contributed by atoms with E-state index in [1.54, 1.807) is 30.3 Å². The summed E-state index contributed by atoms with van der Waals surface area (Å²) < 4.78 is 34.4. The minimum Gasteiger partial charge on any atom is -0.496 e. The quantitative estimate of drug-likeness (QED) is 0.836. The van der Waals surface area contributed by atoms with Crippen molar-refractivity contribution in [3.05, 3.63) is 59.7 Å². The van der Waals surface area contributed by atoms with Crippen molar-refractivity contribution < 1.29 is 23.0 Å². The molecule has 0 aliphatic rings. The van der Waals surface area contributed by atoms with Crippen LogP contribution < -0.4 is 14.8 Å². The first-order valence-electron chi connectivity index (χ1n) is 7.39. The topological polar surface area (TPSA) is 71.3 Å². The number of nitriles is 1. The van der Waals surface area contributed by atoms with Gasteiger partial charge in [-0.1, -0.05) is 36.4 Å². The highest BCUT2D eigenvalue weighted by atomic mass is 19.3. The lowest BCUT2D eigenvalue weighted by molar-refractivity contribution is -0.121. The smallest absolute Gasteiger partial charge is 0.387 e. The fourth-order valence-corrected chi connectivity index (χ4v) is 2.33. The molecule has 0 radical (unpaired) electrons. The van der Waals surface area contributed by atoms with Gasteiger partial charge in [-0.25, -0.2) is 0 Å². The molecule has 0 unspecified atom stereocenters. The van der Waals surface area contributed by atoms with Crippen LogP contribution in [0.1, 0.15) is 17.2 Å². The molecule has 1 amide bonds. The summed E-state index contributed by atoms with van der Waals surface area (Å²) in [6.07, 6.45) is -0.198. The first-order valence-corrected chi connectivity index (χ1v) is 7.39. The fourth-order valence-electron chi connectivity index (χ4n) is 2.33. The molecule has 0 aromatic heterocycles. The molecule has 0 bridgehead atoms. The average molecular weight is 346 g/mol. The van der Waals surface area contributed by atoms with Crippen molar-refractivity contribution in [2.24, 2.45) is 0 Å². The maximum Gasteiger partial charge on any atom is 0.387 e. The predicted molar refractivity (Wildman–Crippen MR) is 86.3 cm³/mol. The fraction of sp³-hybridized carbons (Fsp3) is 0.222. The zero-order valence-corrected chi connectivity index (χ0v) is 13.4. The third-order valence-corrected chi connectivity index (χ3v) is 3.42. The van der Waals surface area contributed by atoms with Crippen molar-refractivity contribution in [3.63, 3.8) is 0 Å². The van der Waals surface area contributed by atoms with Gasteiger partial charge in [-0.15, -0.1) is 0 Å². The van der Waals surface area contributed by atoms with Gasteiger partial charge in [0.1, 0.15) is 17.5 Å². The van der Waals surface area contributed by atoms with Gasteiger partial charge in [0.15, 0.2) is 0 Å². The Kier molecular flexibility index (Phi) is 6.29. The second-order valence-electron chi connectivity index (χ2n) is 5.03. The number of nitrogens with one attached hydrogen (secondary N) is 1. The molecule has 1 atom stereocenters. The molecule has 7 heteroatoms. The molecule has 1 N–H and O–H groups in total. The van der Waals surface area contributed by atoms with E-state index >= 15 is 0 Å². The molecule has 0 saturated carbocycles. The monoisotopic (exact) mass is 346 g/mol. The van der Waals surface area contributed by atoms with Crippen LogP contribution in [0.25, 0.3) is 0 Å². The van der Waals surface area contributed by atoms with Gasteiger partial charge in [-0.2, -0.15) is 14.0 Å². The Hall–Kier alpha value is -3.14. The minimum absolute atomic E-state index is 0.0709. The lowest BCUT2D eigenvalue weighted by Crippen LogP contribution is -2.29. The number of alkyl halides is 2. The van der Waals surface area contributed by atoms with E-state index < -0.39 is 18.6 Å². The van der Waals surface area contributed by atoms with Crippen molar-refractivity contribution in [1.82, 2.24) is 5.32 Å². The highest BCUT2D eigenvalue weighted by Crippen LogP contribution is 2.25. The Labute approximate surface area is 143 Å². The number of nitrogens with zero attached hydrogens (tertiary/aromatic N) is 1. The third kappa shape index (κ3) is 4.91. The SMILES string of the molecule is COc1ccccc1[C@@H](C#N)NC(=O)Cc1ccccc1OC(F)F. The molecular formula is C18H16F2N2O3. The molecule has 130 valence electrons. The molecule has 25 heavy (non-hydrogen) atoms. The highest BCUT2D eigenvalue weighted by Gasteiger charge is 2.19. The lowest BCUT2D eigenvalue weighted by Gasteiger charge is -2.16. The normalized spacial score (nSPS) is 11.5. The van der Waals surface area contributed by atoms with Gasteiger partial charge < -0.3 is 14.8 Å². The standard InChI is InChI=1S/C18H16F2N2O3/c1-24-16-9-5-3-7-13(16)14(11-21)22-17(23)10-12-6-2-4-8-15(12)25-18(19)20/h2-9,14,18H,10H2,1H3,(H,22,23)/t14-/m1/s1. The minimum atomic E-state index is -2.98. The second kappa shape index (κ2) is 8.64. The molecule has 2 rings (SSSR count). The van der Waals surface area contributed by atoms with E-state index in [-0.39, 0.29) is 12.2 Å². The number of rotatable bonds is 7. The summed E-state index contributed by atoms with van der Waals surface area (Å²) in [7, 11) is 1.47. The Balaban J connectivity index is 2.13. The predicted octanol–water partition coefficient (Wildman–Crippen LogP) is 3.22. The summed E-state index contributed by atoms with van der Waals surface area (Å²) in [5, 5.41) is 11.9. The largest absolute Gasteiger partial charge is 0.496 e. The summed E-state index contributed by atoms with van der Waals surface area (Å²) >= 11 is 0. The van der Waals surface area contributed by atoms with Gasteiger partial charge in [0.05, 0.1) is 19.6 Å². The Morgan fingerprint density at radius 2 is 1.80 bits per heavy atom. The van der Waals surface area contributed by atoms with Gasteiger partial charge >= 0.3 is 6.61 Å². The van der Waals surface area contributed by atoms with E-state index in [1.165, 1.54) is 25.3 Å². The maximum atomic E-state index is 12.4. The van der Waals surface area contributed by atoms with Crippen LogP contribution in [0.4, 0.5) is 8.78 Å². The Bertz CT molecular complexity index is 775. The van der Waals surface area contributed by atoms with Crippen LogP contribution in [0.15, 0.2) is 48.5 Å². The summed E-state index contributed by atoms with van der Waals surface area (Å²) in [6, 6.07) is 13.9. The first kappa shape index (κ1) is 18.2. The number of para-hydroxylation sites is 2. The van der Waals surface area contributed by atoms with E-state index in [2.05, 4.69) is 10.1 Å². The molecule has 0 fully saturated rings. The van der Waals surface area contributed by atoms with E-state index in [0.717, 1.165) is 0 Å². The van der Waals surface area contributed by atoms with Gasteiger partial charge in [0.25, 0.3) is 0 Å². The second-order valence-corrected chi connectivity index (χ2v) is 5.03. The average Bonchev–Trinajstić information content (AvgIpc) is 2.61. The number of benzene rings is 2. The van der Waals surface area contributed by atoms with Crippen molar-refractivity contribution >= 4 is 5.91 Å². The van der Waals surface area contributed by atoms with Crippen molar-refractivity contribution in [1.29, 1.82) is 5.26 Å². The van der Waals surface area contributed by atoms with E-state index in [4.69, 9.17) is 4.74 Å². The third-order valence-electron chi connectivity index (χ3n) is 3.42. The number of ether oxygens (including phenoxy) is 2. The van der Waals surface area contributed by atoms with Gasteiger partial charge in [-0.05, 0) is 12.1 Å². The van der Waals surface area contributed by atoms with Crippen molar-refractivity contribution in [2.45, 2.75) is 19.1 Å². The number of hydrogen-bond donors (Lipinski definition) is 1. The molecule has 0 aliphatic carbocycles. The number of methoxy groups -OCH3 is 1. The number of amides is 1. The lowest BCUT2D eigenvalue weighted by atomic mass is 10.1. The van der Waals surface area contributed by atoms with Gasteiger partial charge in [0, 0.05) is 11.1 Å². The Morgan fingerprint density at radius 3 is 2.44 bits per heavy atom. The van der Waals surface area contributed by atoms with E-state index in [9.17, 15) is 18.8 Å². The maximum absolute atomic E-state index is 12.4. The number of halogens is 2. The summed E-state index contributed by atoms with van der Waals surface area (Å²) in [5.74, 6) is -0.1000. The van der Waals surface area contributed by atoms with Crippen molar-refractivity contribution in [3.8, 4) is 17.6 Å². The summed E-state index contributed by atoms with van der Waals surface area (Å²) in [6.45, 7) is -2.98. The first-order chi connectivity index (χ1) is 12.0. The molecule has 0 saturated heterocycles. The van der Waals surface area contributed by atoms with Gasteiger partial charge in [-0.3, -0.25) is 4.79 Å². The van der Waals surface area contributed by atoms with Gasteiger partial charge in [0.2, 0.25) is 5.91 Å². The summed E-state index contributed by atoms with van der Waals surface area (Å²) in [4.78, 5) is 12.2. The molecular weight excluding hydrogens is 330 g/mol. The van der Waals surface area contributed by atoms with E-state index in [0.29, 0.717) is 16.9 Å². The van der Waals surface area contributed by atoms with Crippen LogP contribution in [-0.4, -0.2) is 19.6 Å².